The third-order valence-electron chi connectivity index (χ3n) is 3.07. The van der Waals surface area contributed by atoms with Crippen molar-refractivity contribution in [1.82, 2.24) is 10.2 Å². The monoisotopic (exact) mass is 264 g/mol. The lowest BCUT2D eigenvalue weighted by atomic mass is 10.1. The van der Waals surface area contributed by atoms with Gasteiger partial charge >= 0.3 is 0 Å². The second-order valence-corrected chi connectivity index (χ2v) is 5.59. The van der Waals surface area contributed by atoms with Crippen LogP contribution in [0, 0.1) is 6.92 Å². The molecular weight excluding hydrogens is 244 g/mol. The van der Waals surface area contributed by atoms with E-state index in [1.165, 1.54) is 11.1 Å². The number of nitrogens with one attached hydrogen (secondary N) is 1. The predicted molar refractivity (Wildman–Crippen MR) is 76.6 cm³/mol. The maximum Gasteiger partial charge on any atom is 0.233 e. The quantitative estimate of drug-likeness (QED) is 0.827. The lowest BCUT2D eigenvalue weighted by Gasteiger charge is -2.24. The van der Waals surface area contributed by atoms with Crippen LogP contribution in [0.15, 0.2) is 24.3 Å². The number of carbonyl (C=O) groups excluding carboxylic acids is 1. The highest BCUT2D eigenvalue weighted by atomic mass is 32.2. The van der Waals surface area contributed by atoms with Gasteiger partial charge in [0.1, 0.15) is 5.37 Å². The van der Waals surface area contributed by atoms with Crippen molar-refractivity contribution in [2.75, 3.05) is 25.4 Å². The Bertz CT molecular complexity index is 422. The first-order valence-electron chi connectivity index (χ1n) is 6.40. The molecule has 0 aromatic heterocycles. The van der Waals surface area contributed by atoms with Crippen molar-refractivity contribution < 1.29 is 4.79 Å². The third-order valence-corrected chi connectivity index (χ3v) is 4.33. The summed E-state index contributed by atoms with van der Waals surface area (Å²) in [6, 6.07) is 8.45. The fourth-order valence-electron chi connectivity index (χ4n) is 2.17. The molecule has 0 saturated carbocycles. The molecule has 1 atom stereocenters. The van der Waals surface area contributed by atoms with Gasteiger partial charge in [0.05, 0.1) is 5.75 Å². The van der Waals surface area contributed by atoms with Gasteiger partial charge in [-0.2, -0.15) is 0 Å². The zero-order valence-corrected chi connectivity index (χ0v) is 11.8. The Morgan fingerprint density at radius 2 is 2.33 bits per heavy atom. The summed E-state index contributed by atoms with van der Waals surface area (Å²) < 4.78 is 0. The fraction of sp³-hybridized carbons (Fsp3) is 0.500. The molecule has 0 aliphatic carbocycles. The number of hydrogen-bond acceptors (Lipinski definition) is 3. The van der Waals surface area contributed by atoms with Gasteiger partial charge in [0.2, 0.25) is 5.91 Å². The van der Waals surface area contributed by atoms with Gasteiger partial charge in [-0.15, -0.1) is 11.8 Å². The molecule has 2 rings (SSSR count). The summed E-state index contributed by atoms with van der Waals surface area (Å²) in [5, 5.41) is 3.47. The van der Waals surface area contributed by atoms with Crippen molar-refractivity contribution in [3.8, 4) is 0 Å². The molecule has 1 aromatic rings. The van der Waals surface area contributed by atoms with Crippen LogP contribution in [0.5, 0.6) is 0 Å². The SMILES string of the molecule is CCNCCN1C(=O)CSC1c1cccc(C)c1. The van der Waals surface area contributed by atoms with Crippen LogP contribution in [0.3, 0.4) is 0 Å². The highest BCUT2D eigenvalue weighted by molar-refractivity contribution is 8.00. The Morgan fingerprint density at radius 1 is 1.50 bits per heavy atom. The first kappa shape index (κ1) is 13.4. The van der Waals surface area contributed by atoms with Crippen LogP contribution in [-0.4, -0.2) is 36.2 Å². The van der Waals surface area contributed by atoms with Gasteiger partial charge in [-0.1, -0.05) is 36.8 Å². The zero-order chi connectivity index (χ0) is 13.0. The maximum atomic E-state index is 11.9. The molecule has 1 aliphatic heterocycles. The molecule has 1 aliphatic rings. The Hall–Kier alpha value is -1.00. The van der Waals surface area contributed by atoms with E-state index in [-0.39, 0.29) is 11.3 Å². The van der Waals surface area contributed by atoms with E-state index in [9.17, 15) is 4.79 Å². The molecule has 1 aromatic carbocycles. The summed E-state index contributed by atoms with van der Waals surface area (Å²) in [6.07, 6.45) is 0. The number of nitrogens with zero attached hydrogens (tertiary/aromatic N) is 1. The number of aryl methyl sites for hydroxylation is 1. The largest absolute Gasteiger partial charge is 0.325 e. The summed E-state index contributed by atoms with van der Waals surface area (Å²) in [7, 11) is 0. The van der Waals surface area contributed by atoms with E-state index in [0.29, 0.717) is 5.75 Å². The van der Waals surface area contributed by atoms with Crippen LogP contribution in [0.1, 0.15) is 23.4 Å². The number of amides is 1. The summed E-state index contributed by atoms with van der Waals surface area (Å²) in [5.41, 5.74) is 2.49. The summed E-state index contributed by atoms with van der Waals surface area (Å²) >= 11 is 1.73. The molecular formula is C14H20N2OS. The minimum absolute atomic E-state index is 0.191. The summed E-state index contributed by atoms with van der Waals surface area (Å²) in [4.78, 5) is 13.9. The van der Waals surface area contributed by atoms with Crippen LogP contribution in [0.4, 0.5) is 0 Å². The van der Waals surface area contributed by atoms with Crippen LogP contribution in [0.25, 0.3) is 0 Å². The highest BCUT2D eigenvalue weighted by Crippen LogP contribution is 2.38. The van der Waals surface area contributed by atoms with Crippen molar-refractivity contribution in [3.63, 3.8) is 0 Å². The van der Waals surface area contributed by atoms with Crippen LogP contribution in [0.2, 0.25) is 0 Å². The Balaban J connectivity index is 2.08. The number of carbonyl (C=O) groups is 1. The van der Waals surface area contributed by atoms with E-state index in [1.54, 1.807) is 11.8 Å². The van der Waals surface area contributed by atoms with E-state index in [1.807, 2.05) is 4.90 Å². The highest BCUT2D eigenvalue weighted by Gasteiger charge is 2.32. The van der Waals surface area contributed by atoms with Crippen molar-refractivity contribution in [1.29, 1.82) is 0 Å². The normalized spacial score (nSPS) is 19.6. The second kappa shape index (κ2) is 6.25. The van der Waals surface area contributed by atoms with E-state index < -0.39 is 0 Å². The molecule has 3 nitrogen and oxygen atoms in total. The minimum Gasteiger partial charge on any atom is -0.325 e. The number of rotatable bonds is 5. The summed E-state index contributed by atoms with van der Waals surface area (Å²) in [6.45, 7) is 6.78. The molecule has 1 N–H and O–H groups in total. The van der Waals surface area contributed by atoms with Crippen molar-refractivity contribution in [2.24, 2.45) is 0 Å². The van der Waals surface area contributed by atoms with Gasteiger partial charge in [0.15, 0.2) is 0 Å². The van der Waals surface area contributed by atoms with E-state index in [0.717, 1.165) is 19.6 Å². The molecule has 1 amide bonds. The average Bonchev–Trinajstić information content (AvgIpc) is 2.72. The van der Waals surface area contributed by atoms with Gasteiger partial charge in [-0.25, -0.2) is 0 Å². The van der Waals surface area contributed by atoms with E-state index in [4.69, 9.17) is 0 Å². The predicted octanol–water partition coefficient (Wildman–Crippen LogP) is 2.18. The number of hydrogen-bond donors (Lipinski definition) is 1. The molecule has 0 radical (unpaired) electrons. The molecule has 4 heteroatoms. The van der Waals surface area contributed by atoms with Crippen molar-refractivity contribution in [3.05, 3.63) is 35.4 Å². The maximum absolute atomic E-state index is 11.9. The van der Waals surface area contributed by atoms with Gasteiger partial charge in [0, 0.05) is 13.1 Å². The topological polar surface area (TPSA) is 32.3 Å². The Morgan fingerprint density at radius 3 is 3.06 bits per heavy atom. The van der Waals surface area contributed by atoms with E-state index >= 15 is 0 Å². The van der Waals surface area contributed by atoms with Gasteiger partial charge < -0.3 is 10.2 Å². The van der Waals surface area contributed by atoms with Gasteiger partial charge in [0.25, 0.3) is 0 Å². The van der Waals surface area contributed by atoms with Crippen LogP contribution in [-0.2, 0) is 4.79 Å². The number of thioether (sulfide) groups is 1. The number of benzene rings is 1. The minimum atomic E-state index is 0.191. The lowest BCUT2D eigenvalue weighted by molar-refractivity contribution is -0.128. The summed E-state index contributed by atoms with van der Waals surface area (Å²) in [5.74, 6) is 0.856. The Kier molecular flexibility index (Phi) is 4.66. The first-order chi connectivity index (χ1) is 8.72. The zero-order valence-electron chi connectivity index (χ0n) is 11.0. The second-order valence-electron chi connectivity index (χ2n) is 4.52. The molecule has 98 valence electrons. The van der Waals surface area contributed by atoms with Gasteiger partial charge in [-0.3, -0.25) is 4.79 Å². The standard InChI is InChI=1S/C14H20N2OS/c1-3-15-7-8-16-13(17)10-18-14(16)12-6-4-5-11(2)9-12/h4-6,9,14-15H,3,7-8,10H2,1-2H3. The first-order valence-corrected chi connectivity index (χ1v) is 7.45. The van der Waals surface area contributed by atoms with Crippen LogP contribution >= 0.6 is 11.8 Å². The molecule has 0 bridgehead atoms. The molecule has 1 heterocycles. The van der Waals surface area contributed by atoms with Crippen LogP contribution < -0.4 is 5.32 Å². The smallest absolute Gasteiger partial charge is 0.233 e. The number of likely N-dealkylation sites (N-methyl/N-ethyl adjacent to an activating group) is 1. The average molecular weight is 264 g/mol. The molecule has 1 saturated heterocycles. The van der Waals surface area contributed by atoms with Crippen molar-refractivity contribution >= 4 is 17.7 Å². The molecule has 18 heavy (non-hydrogen) atoms. The molecule has 0 spiro atoms. The lowest BCUT2D eigenvalue weighted by Crippen LogP contribution is -2.35. The van der Waals surface area contributed by atoms with E-state index in [2.05, 4.69) is 43.4 Å². The molecule has 1 fully saturated rings. The molecule has 1 unspecified atom stereocenters. The van der Waals surface area contributed by atoms with Gasteiger partial charge in [-0.05, 0) is 19.0 Å². The van der Waals surface area contributed by atoms with Crippen molar-refractivity contribution in [2.45, 2.75) is 19.2 Å². The Labute approximate surface area is 113 Å². The third kappa shape index (κ3) is 3.06. The fourth-order valence-corrected chi connectivity index (χ4v) is 3.38.